The first kappa shape index (κ1) is 20.1. The van der Waals surface area contributed by atoms with Gasteiger partial charge in [-0.1, -0.05) is 43.4 Å². The number of aliphatic hydroxyl groups is 1. The highest BCUT2D eigenvalue weighted by Gasteiger charge is 2.20. The number of allylic oxidation sites excluding steroid dienone is 6. The van der Waals surface area contributed by atoms with Crippen LogP contribution in [-0.4, -0.2) is 28.1 Å². The summed E-state index contributed by atoms with van der Waals surface area (Å²) in [6, 6.07) is 0. The highest BCUT2D eigenvalue weighted by atomic mass is 16.4. The van der Waals surface area contributed by atoms with Crippen LogP contribution >= 0.6 is 0 Å². The standard InChI is InChI=1S/C20H28O4/c1-2-3-6-9-17(21)14-12-16-13-15-19(22)18(16)10-7-4-5-8-11-20(23)24/h3-4,6-7,12,14,17,21H,2,5,8-11,13,15H2,1H3,(H,23,24). The molecule has 0 radical (unpaired) electrons. The average molecular weight is 332 g/mol. The Morgan fingerprint density at radius 3 is 2.71 bits per heavy atom. The summed E-state index contributed by atoms with van der Waals surface area (Å²) in [6.45, 7) is 2.05. The molecule has 1 atom stereocenters. The van der Waals surface area contributed by atoms with Crippen LogP contribution in [-0.2, 0) is 9.59 Å². The molecule has 0 spiro atoms. The van der Waals surface area contributed by atoms with Crippen molar-refractivity contribution in [1.82, 2.24) is 0 Å². The van der Waals surface area contributed by atoms with Gasteiger partial charge in [0.05, 0.1) is 6.10 Å². The Morgan fingerprint density at radius 1 is 1.21 bits per heavy atom. The number of Topliss-reactive ketones (excluding diaryl/α,β-unsaturated/α-hetero) is 1. The summed E-state index contributed by atoms with van der Waals surface area (Å²) in [7, 11) is 0. The summed E-state index contributed by atoms with van der Waals surface area (Å²) in [5.41, 5.74) is 1.82. The van der Waals surface area contributed by atoms with E-state index in [0.717, 1.165) is 24.0 Å². The number of rotatable bonds is 11. The highest BCUT2D eigenvalue weighted by molar-refractivity contribution is 5.99. The van der Waals surface area contributed by atoms with Gasteiger partial charge in [-0.2, -0.15) is 0 Å². The van der Waals surface area contributed by atoms with Crippen molar-refractivity contribution in [2.75, 3.05) is 0 Å². The predicted octanol–water partition coefficient (Wildman–Crippen LogP) is 4.12. The number of aliphatic carboxylic acids is 1. The summed E-state index contributed by atoms with van der Waals surface area (Å²) in [5.74, 6) is -0.609. The lowest BCUT2D eigenvalue weighted by atomic mass is 10.1. The van der Waals surface area contributed by atoms with Crippen LogP contribution in [0.2, 0.25) is 0 Å². The number of carbonyl (C=O) groups is 2. The number of carboxylic acid groups (broad SMARTS) is 1. The van der Waals surface area contributed by atoms with Crippen LogP contribution in [0.25, 0.3) is 0 Å². The Morgan fingerprint density at radius 2 is 2.00 bits per heavy atom. The second-order valence-corrected chi connectivity index (χ2v) is 5.93. The van der Waals surface area contributed by atoms with Crippen LogP contribution in [0, 0.1) is 0 Å². The Balaban J connectivity index is 2.53. The number of carbonyl (C=O) groups excluding carboxylic acids is 1. The molecule has 0 saturated carbocycles. The lowest BCUT2D eigenvalue weighted by Crippen LogP contribution is -2.00. The van der Waals surface area contributed by atoms with Crippen LogP contribution in [0.4, 0.5) is 0 Å². The zero-order chi connectivity index (χ0) is 17.8. The fourth-order valence-electron chi connectivity index (χ4n) is 2.56. The molecule has 2 N–H and O–H groups in total. The molecule has 4 nitrogen and oxygen atoms in total. The van der Waals surface area contributed by atoms with Crippen LogP contribution in [0.5, 0.6) is 0 Å². The molecule has 0 fully saturated rings. The molecule has 0 amide bonds. The molecule has 0 aromatic carbocycles. The smallest absolute Gasteiger partial charge is 0.303 e. The van der Waals surface area contributed by atoms with Crippen molar-refractivity contribution in [1.29, 1.82) is 0 Å². The Bertz CT molecular complexity index is 538. The van der Waals surface area contributed by atoms with Gasteiger partial charge in [-0.3, -0.25) is 9.59 Å². The van der Waals surface area contributed by atoms with Crippen LogP contribution in [0.15, 0.2) is 47.6 Å². The number of hydrogen-bond acceptors (Lipinski definition) is 3. The average Bonchev–Trinajstić information content (AvgIpc) is 2.89. The number of carboxylic acids is 1. The molecule has 132 valence electrons. The van der Waals surface area contributed by atoms with Crippen molar-refractivity contribution in [3.8, 4) is 0 Å². The molecule has 4 heteroatoms. The first-order valence-corrected chi connectivity index (χ1v) is 8.67. The molecule has 0 bridgehead atoms. The van der Waals surface area contributed by atoms with Crippen molar-refractivity contribution in [2.45, 2.75) is 64.4 Å². The Hall–Kier alpha value is -1.94. The molecule has 0 aromatic heterocycles. The molecule has 1 aliphatic carbocycles. The molecule has 0 heterocycles. The fourth-order valence-corrected chi connectivity index (χ4v) is 2.56. The van der Waals surface area contributed by atoms with Crippen molar-refractivity contribution in [3.05, 3.63) is 47.6 Å². The van der Waals surface area contributed by atoms with E-state index in [1.54, 1.807) is 6.08 Å². The van der Waals surface area contributed by atoms with Gasteiger partial charge in [-0.15, -0.1) is 0 Å². The van der Waals surface area contributed by atoms with Gasteiger partial charge in [0.25, 0.3) is 0 Å². The van der Waals surface area contributed by atoms with E-state index in [2.05, 4.69) is 6.92 Å². The summed E-state index contributed by atoms with van der Waals surface area (Å²) >= 11 is 0. The van der Waals surface area contributed by atoms with Gasteiger partial charge in [-0.25, -0.2) is 0 Å². The number of hydrogen-bond donors (Lipinski definition) is 2. The van der Waals surface area contributed by atoms with Crippen LogP contribution in [0.3, 0.4) is 0 Å². The molecule has 0 saturated heterocycles. The van der Waals surface area contributed by atoms with Crippen molar-refractivity contribution < 1.29 is 19.8 Å². The lowest BCUT2D eigenvalue weighted by molar-refractivity contribution is -0.137. The fraction of sp³-hybridized carbons (Fsp3) is 0.500. The minimum absolute atomic E-state index is 0.171. The van der Waals surface area contributed by atoms with E-state index in [4.69, 9.17) is 5.11 Å². The van der Waals surface area contributed by atoms with Gasteiger partial charge in [0.15, 0.2) is 5.78 Å². The zero-order valence-corrected chi connectivity index (χ0v) is 14.4. The Labute approximate surface area is 144 Å². The van der Waals surface area contributed by atoms with E-state index in [1.807, 2.05) is 30.4 Å². The SMILES string of the molecule is CCC=CCC(O)C=CC1=C(CC=CCCCC(=O)O)C(=O)CC1. The number of ketones is 1. The first-order chi connectivity index (χ1) is 11.5. The van der Waals surface area contributed by atoms with Gasteiger partial charge < -0.3 is 10.2 Å². The summed E-state index contributed by atoms with van der Waals surface area (Å²) in [4.78, 5) is 22.4. The number of aliphatic hydroxyl groups excluding tert-OH is 1. The topological polar surface area (TPSA) is 74.6 Å². The van der Waals surface area contributed by atoms with Crippen molar-refractivity contribution in [2.24, 2.45) is 0 Å². The largest absolute Gasteiger partial charge is 0.481 e. The number of unbranched alkanes of at least 4 members (excludes halogenated alkanes) is 1. The molecular formula is C20H28O4. The van der Waals surface area contributed by atoms with Gasteiger partial charge in [0, 0.05) is 18.4 Å². The minimum Gasteiger partial charge on any atom is -0.481 e. The van der Waals surface area contributed by atoms with E-state index in [-0.39, 0.29) is 12.2 Å². The van der Waals surface area contributed by atoms with E-state index >= 15 is 0 Å². The molecule has 1 aliphatic rings. The molecule has 24 heavy (non-hydrogen) atoms. The van der Waals surface area contributed by atoms with Crippen molar-refractivity contribution in [3.63, 3.8) is 0 Å². The first-order valence-electron chi connectivity index (χ1n) is 8.67. The normalized spacial score (nSPS) is 17.0. The zero-order valence-electron chi connectivity index (χ0n) is 14.4. The minimum atomic E-state index is -0.781. The van der Waals surface area contributed by atoms with Gasteiger partial charge >= 0.3 is 5.97 Å². The molecule has 0 aromatic rings. The predicted molar refractivity (Wildman–Crippen MR) is 95.7 cm³/mol. The Kier molecular flexibility index (Phi) is 9.70. The molecule has 1 rings (SSSR count). The van der Waals surface area contributed by atoms with E-state index in [1.165, 1.54) is 0 Å². The van der Waals surface area contributed by atoms with Gasteiger partial charge in [-0.05, 0) is 44.1 Å². The third-order valence-electron chi connectivity index (χ3n) is 3.90. The van der Waals surface area contributed by atoms with Gasteiger partial charge in [0.1, 0.15) is 0 Å². The summed E-state index contributed by atoms with van der Waals surface area (Å²) in [5, 5.41) is 18.5. The van der Waals surface area contributed by atoms with Crippen molar-refractivity contribution >= 4 is 11.8 Å². The monoisotopic (exact) mass is 332 g/mol. The van der Waals surface area contributed by atoms with E-state index < -0.39 is 12.1 Å². The third kappa shape index (κ3) is 8.06. The van der Waals surface area contributed by atoms with E-state index in [0.29, 0.717) is 32.1 Å². The third-order valence-corrected chi connectivity index (χ3v) is 3.90. The molecule has 0 aliphatic heterocycles. The summed E-state index contributed by atoms with van der Waals surface area (Å²) < 4.78 is 0. The highest BCUT2D eigenvalue weighted by Crippen LogP contribution is 2.27. The maximum atomic E-state index is 12.0. The lowest BCUT2D eigenvalue weighted by Gasteiger charge is -2.02. The van der Waals surface area contributed by atoms with E-state index in [9.17, 15) is 14.7 Å². The van der Waals surface area contributed by atoms with Crippen LogP contribution < -0.4 is 0 Å². The molecular weight excluding hydrogens is 304 g/mol. The maximum Gasteiger partial charge on any atom is 0.303 e. The maximum absolute atomic E-state index is 12.0. The second-order valence-electron chi connectivity index (χ2n) is 5.93. The summed E-state index contributed by atoms with van der Waals surface area (Å²) in [6.07, 6.45) is 15.9. The molecule has 1 unspecified atom stereocenters. The quantitative estimate of drug-likeness (QED) is 0.441. The van der Waals surface area contributed by atoms with Gasteiger partial charge in [0.2, 0.25) is 0 Å². The van der Waals surface area contributed by atoms with Crippen LogP contribution in [0.1, 0.15) is 58.3 Å². The second kappa shape index (κ2) is 11.6.